The molecule has 0 rings (SSSR count). The second kappa shape index (κ2) is 4.15. The number of allylic oxidation sites excluding steroid dienone is 1. The van der Waals surface area contributed by atoms with Gasteiger partial charge < -0.3 is 5.11 Å². The summed E-state index contributed by atoms with van der Waals surface area (Å²) in [4.78, 5) is 0. The number of hydrogen-bond acceptors (Lipinski definition) is 2. The highest BCUT2D eigenvalue weighted by molar-refractivity contribution is 4.99. The van der Waals surface area contributed by atoms with Crippen molar-refractivity contribution in [2.75, 3.05) is 0 Å². The lowest BCUT2D eigenvalue weighted by Crippen LogP contribution is -2.21. The van der Waals surface area contributed by atoms with E-state index in [2.05, 4.69) is 0 Å². The molecule has 0 unspecified atom stereocenters. The van der Waals surface area contributed by atoms with Crippen LogP contribution >= 0.6 is 0 Å². The van der Waals surface area contributed by atoms with Gasteiger partial charge in [0.2, 0.25) is 0 Å². The summed E-state index contributed by atoms with van der Waals surface area (Å²) < 4.78 is 0. The molecule has 0 radical (unpaired) electrons. The van der Waals surface area contributed by atoms with Crippen molar-refractivity contribution in [2.45, 2.75) is 39.2 Å². The highest BCUT2D eigenvalue weighted by Crippen LogP contribution is 2.14. The van der Waals surface area contributed by atoms with Crippen LogP contribution in [0.4, 0.5) is 0 Å². The fourth-order valence-electron chi connectivity index (χ4n) is 0.666. The molecule has 0 aliphatic carbocycles. The topological polar surface area (TPSA) is 44.0 Å². The van der Waals surface area contributed by atoms with Crippen LogP contribution in [-0.2, 0) is 0 Å². The smallest absolute Gasteiger partial charge is 0.0783 e. The molecule has 0 heterocycles. The van der Waals surface area contributed by atoms with Crippen molar-refractivity contribution < 1.29 is 5.11 Å². The van der Waals surface area contributed by atoms with Crippen molar-refractivity contribution in [1.82, 2.24) is 0 Å². The van der Waals surface area contributed by atoms with E-state index in [1.165, 1.54) is 5.57 Å². The lowest BCUT2D eigenvalue weighted by atomic mass is 9.98. The lowest BCUT2D eigenvalue weighted by Gasteiger charge is -2.17. The summed E-state index contributed by atoms with van der Waals surface area (Å²) >= 11 is 0. The van der Waals surface area contributed by atoms with Gasteiger partial charge in [-0.1, -0.05) is 11.6 Å². The number of nitrogens with zero attached hydrogens (tertiary/aromatic N) is 1. The van der Waals surface area contributed by atoms with Gasteiger partial charge in [0.25, 0.3) is 0 Å². The predicted molar refractivity (Wildman–Crippen MR) is 44.9 cm³/mol. The zero-order chi connectivity index (χ0) is 8.91. The minimum atomic E-state index is -0.855. The zero-order valence-electron chi connectivity index (χ0n) is 7.39. The molecule has 0 saturated heterocycles. The minimum absolute atomic E-state index is 0.191. The first-order valence-electron chi connectivity index (χ1n) is 3.70. The summed E-state index contributed by atoms with van der Waals surface area (Å²) in [6.07, 6.45) is 2.69. The van der Waals surface area contributed by atoms with Crippen LogP contribution in [0.2, 0.25) is 0 Å². The van der Waals surface area contributed by atoms with E-state index in [-0.39, 0.29) is 6.42 Å². The highest BCUT2D eigenvalue weighted by Gasteiger charge is 2.17. The standard InChI is InChI=1S/C9H15NO/c1-8(2)4-5-9(3,11)6-7-10/h4,11H,5-6H2,1-3H3/t9-/m1/s1. The molecule has 11 heavy (non-hydrogen) atoms. The van der Waals surface area contributed by atoms with Crippen molar-refractivity contribution in [2.24, 2.45) is 0 Å². The van der Waals surface area contributed by atoms with Crippen molar-refractivity contribution >= 4 is 0 Å². The van der Waals surface area contributed by atoms with Crippen molar-refractivity contribution in [1.29, 1.82) is 5.26 Å². The normalized spacial score (nSPS) is 14.8. The van der Waals surface area contributed by atoms with Crippen LogP contribution in [-0.4, -0.2) is 10.7 Å². The largest absolute Gasteiger partial charge is 0.389 e. The maximum absolute atomic E-state index is 9.50. The molecule has 0 fully saturated rings. The van der Waals surface area contributed by atoms with Gasteiger partial charge in [-0.05, 0) is 27.2 Å². The number of nitriles is 1. The Bertz CT molecular complexity index is 182. The summed E-state index contributed by atoms with van der Waals surface area (Å²) in [5, 5.41) is 17.8. The number of rotatable bonds is 3. The molecule has 0 spiro atoms. The van der Waals surface area contributed by atoms with Crippen molar-refractivity contribution in [3.05, 3.63) is 11.6 Å². The van der Waals surface area contributed by atoms with Crippen LogP contribution in [0.3, 0.4) is 0 Å². The molecule has 2 heteroatoms. The Hall–Kier alpha value is -0.810. The Morgan fingerprint density at radius 2 is 2.18 bits per heavy atom. The molecule has 0 aromatic heterocycles. The van der Waals surface area contributed by atoms with Gasteiger partial charge in [0.05, 0.1) is 18.1 Å². The fourth-order valence-corrected chi connectivity index (χ4v) is 0.666. The Morgan fingerprint density at radius 3 is 2.55 bits per heavy atom. The summed E-state index contributed by atoms with van der Waals surface area (Å²) in [6, 6.07) is 1.95. The highest BCUT2D eigenvalue weighted by atomic mass is 16.3. The van der Waals surface area contributed by atoms with E-state index >= 15 is 0 Å². The predicted octanol–water partition coefficient (Wildman–Crippen LogP) is 2.01. The van der Waals surface area contributed by atoms with E-state index in [0.717, 1.165) is 0 Å². The molecule has 0 saturated carbocycles. The summed E-state index contributed by atoms with van der Waals surface area (Å²) in [5.74, 6) is 0. The molecule has 0 aliphatic heterocycles. The van der Waals surface area contributed by atoms with E-state index in [1.807, 2.05) is 26.0 Å². The van der Waals surface area contributed by atoms with Gasteiger partial charge in [0, 0.05) is 0 Å². The molecule has 0 amide bonds. The van der Waals surface area contributed by atoms with Crippen LogP contribution in [0.15, 0.2) is 11.6 Å². The molecule has 0 aromatic carbocycles. The van der Waals surface area contributed by atoms with E-state index < -0.39 is 5.60 Å². The van der Waals surface area contributed by atoms with Crippen LogP contribution in [0.5, 0.6) is 0 Å². The van der Waals surface area contributed by atoms with Crippen LogP contribution < -0.4 is 0 Å². The van der Waals surface area contributed by atoms with Gasteiger partial charge in [-0.15, -0.1) is 0 Å². The molecule has 1 atom stereocenters. The van der Waals surface area contributed by atoms with Gasteiger partial charge in [-0.3, -0.25) is 0 Å². The lowest BCUT2D eigenvalue weighted by molar-refractivity contribution is 0.0681. The monoisotopic (exact) mass is 153 g/mol. The Labute approximate surface area is 68.2 Å². The average Bonchev–Trinajstić information content (AvgIpc) is 1.84. The molecular weight excluding hydrogens is 138 g/mol. The van der Waals surface area contributed by atoms with E-state index in [9.17, 15) is 5.11 Å². The minimum Gasteiger partial charge on any atom is -0.389 e. The van der Waals surface area contributed by atoms with Gasteiger partial charge in [-0.2, -0.15) is 5.26 Å². The first-order valence-corrected chi connectivity index (χ1v) is 3.70. The third-order valence-electron chi connectivity index (χ3n) is 1.41. The summed E-state index contributed by atoms with van der Waals surface area (Å²) in [7, 11) is 0. The zero-order valence-corrected chi connectivity index (χ0v) is 7.39. The summed E-state index contributed by atoms with van der Waals surface area (Å²) in [6.45, 7) is 5.63. The van der Waals surface area contributed by atoms with Crippen LogP contribution in [0.25, 0.3) is 0 Å². The SMILES string of the molecule is CC(C)=CC[C@@](C)(O)CC#N. The molecule has 62 valence electrons. The first kappa shape index (κ1) is 10.2. The molecular formula is C9H15NO. The maximum atomic E-state index is 9.50. The third kappa shape index (κ3) is 5.63. The molecule has 2 nitrogen and oxygen atoms in total. The Morgan fingerprint density at radius 1 is 1.64 bits per heavy atom. The van der Waals surface area contributed by atoms with E-state index in [1.54, 1.807) is 6.92 Å². The third-order valence-corrected chi connectivity index (χ3v) is 1.41. The Balaban J connectivity index is 3.94. The van der Waals surface area contributed by atoms with Crippen LogP contribution in [0.1, 0.15) is 33.6 Å². The molecule has 0 aliphatic rings. The van der Waals surface area contributed by atoms with Gasteiger partial charge in [0.15, 0.2) is 0 Å². The van der Waals surface area contributed by atoms with E-state index in [4.69, 9.17) is 5.26 Å². The van der Waals surface area contributed by atoms with Gasteiger partial charge in [0.1, 0.15) is 0 Å². The van der Waals surface area contributed by atoms with E-state index in [0.29, 0.717) is 6.42 Å². The van der Waals surface area contributed by atoms with Gasteiger partial charge >= 0.3 is 0 Å². The number of aliphatic hydroxyl groups is 1. The van der Waals surface area contributed by atoms with Crippen molar-refractivity contribution in [3.63, 3.8) is 0 Å². The van der Waals surface area contributed by atoms with Crippen LogP contribution in [0, 0.1) is 11.3 Å². The maximum Gasteiger partial charge on any atom is 0.0783 e. The first-order chi connectivity index (χ1) is 4.98. The molecule has 1 N–H and O–H groups in total. The quantitative estimate of drug-likeness (QED) is 0.630. The summed E-state index contributed by atoms with van der Waals surface area (Å²) in [5.41, 5.74) is 0.315. The Kier molecular flexibility index (Phi) is 3.84. The molecule has 0 aromatic rings. The second-order valence-electron chi connectivity index (χ2n) is 3.32. The van der Waals surface area contributed by atoms with Crippen molar-refractivity contribution in [3.8, 4) is 6.07 Å². The average molecular weight is 153 g/mol. The number of hydrogen-bond donors (Lipinski definition) is 1. The second-order valence-corrected chi connectivity index (χ2v) is 3.32. The van der Waals surface area contributed by atoms with Gasteiger partial charge in [-0.25, -0.2) is 0 Å². The fraction of sp³-hybridized carbons (Fsp3) is 0.667. The molecule has 0 bridgehead atoms.